The van der Waals surface area contributed by atoms with Gasteiger partial charge in [0.25, 0.3) is 0 Å². The summed E-state index contributed by atoms with van der Waals surface area (Å²) in [6, 6.07) is 9.69. The molecule has 0 saturated heterocycles. The van der Waals surface area contributed by atoms with E-state index in [1.807, 2.05) is 37.3 Å². The van der Waals surface area contributed by atoms with Gasteiger partial charge in [-0.05, 0) is 18.6 Å². The van der Waals surface area contributed by atoms with E-state index in [0.29, 0.717) is 13.0 Å². The minimum absolute atomic E-state index is 0.497. The Bertz CT molecular complexity index is 508. The van der Waals surface area contributed by atoms with Crippen molar-refractivity contribution in [2.45, 2.75) is 25.5 Å². The first-order valence-corrected chi connectivity index (χ1v) is 10.1. The summed E-state index contributed by atoms with van der Waals surface area (Å²) in [5.74, 6) is 0.392. The number of carbonyl (C=O) groups excluding carboxylic acids is 1. The average molecular weight is 383 g/mol. The first kappa shape index (κ1) is 24.1. The van der Waals surface area contributed by atoms with E-state index >= 15 is 0 Å². The van der Waals surface area contributed by atoms with Crippen molar-refractivity contribution in [3.8, 4) is 5.75 Å². The van der Waals surface area contributed by atoms with E-state index in [4.69, 9.17) is 22.8 Å². The Morgan fingerprint density at radius 2 is 1.69 bits per heavy atom. The molecular formula is C19H30O6Si. The number of carbonyl (C=O) groups is 1. The summed E-state index contributed by atoms with van der Waals surface area (Å²) in [4.78, 5) is 11.2. The molecule has 0 aromatic heterocycles. The lowest BCUT2D eigenvalue weighted by Crippen LogP contribution is -2.56. The monoisotopic (exact) mass is 382 g/mol. The molecule has 0 N–H and O–H groups in total. The van der Waals surface area contributed by atoms with E-state index in [1.165, 1.54) is 21.3 Å². The van der Waals surface area contributed by atoms with E-state index < -0.39 is 20.5 Å². The van der Waals surface area contributed by atoms with Crippen LogP contribution in [0.5, 0.6) is 5.75 Å². The zero-order valence-corrected chi connectivity index (χ0v) is 17.1. The molecule has 0 fully saturated rings. The molecule has 0 aliphatic rings. The Labute approximate surface area is 157 Å². The molecule has 0 saturated carbocycles. The zero-order chi connectivity index (χ0) is 19.8. The number of hydrogen-bond acceptors (Lipinski definition) is 6. The average Bonchev–Trinajstić information content (AvgIpc) is 2.69. The fraction of sp³-hybridized carbons (Fsp3) is 0.421. The molecule has 0 spiro atoms. The second-order valence-corrected chi connectivity index (χ2v) is 8.12. The lowest BCUT2D eigenvalue weighted by molar-refractivity contribution is -0.142. The Morgan fingerprint density at radius 1 is 1.12 bits per heavy atom. The molecule has 0 radical (unpaired) electrons. The highest BCUT2D eigenvalue weighted by Gasteiger charge is 2.49. The predicted molar refractivity (Wildman–Crippen MR) is 104 cm³/mol. The Morgan fingerprint density at radius 3 is 2.12 bits per heavy atom. The van der Waals surface area contributed by atoms with Gasteiger partial charge in [-0.25, -0.2) is 4.79 Å². The molecule has 0 aliphatic carbocycles. The van der Waals surface area contributed by atoms with Crippen molar-refractivity contribution >= 4 is 14.8 Å². The van der Waals surface area contributed by atoms with Crippen LogP contribution in [-0.2, 0) is 22.8 Å². The van der Waals surface area contributed by atoms with Crippen LogP contribution in [0.1, 0.15) is 19.8 Å². The van der Waals surface area contributed by atoms with Crippen molar-refractivity contribution in [1.29, 1.82) is 0 Å². The van der Waals surface area contributed by atoms with Gasteiger partial charge in [0.05, 0.1) is 0 Å². The lowest BCUT2D eigenvalue weighted by atomic mass is 10.3. The third-order valence-electron chi connectivity index (χ3n) is 3.33. The van der Waals surface area contributed by atoms with Gasteiger partial charge in [-0.15, -0.1) is 0 Å². The fourth-order valence-corrected chi connectivity index (χ4v) is 4.27. The number of benzene rings is 1. The van der Waals surface area contributed by atoms with Crippen LogP contribution in [0.2, 0.25) is 0 Å². The maximum atomic E-state index is 11.2. The van der Waals surface area contributed by atoms with Crippen LogP contribution in [0.3, 0.4) is 0 Å². The van der Waals surface area contributed by atoms with Gasteiger partial charge in [0, 0.05) is 27.4 Å². The van der Waals surface area contributed by atoms with Crippen molar-refractivity contribution in [1.82, 2.24) is 0 Å². The Balaban J connectivity index is 0.000000531. The summed E-state index contributed by atoms with van der Waals surface area (Å²) < 4.78 is 26.3. The molecule has 1 aromatic rings. The van der Waals surface area contributed by atoms with Gasteiger partial charge in [-0.1, -0.05) is 50.8 Å². The predicted octanol–water partition coefficient (Wildman–Crippen LogP) is 3.55. The second kappa shape index (κ2) is 14.3. The number of esters is 1. The smallest absolute Gasteiger partial charge is 0.490 e. The van der Waals surface area contributed by atoms with Gasteiger partial charge >= 0.3 is 14.8 Å². The molecule has 7 heteroatoms. The fourth-order valence-electron chi connectivity index (χ4n) is 2.07. The molecular weight excluding hydrogens is 352 g/mol. The van der Waals surface area contributed by atoms with E-state index in [-0.39, 0.29) is 0 Å². The summed E-state index contributed by atoms with van der Waals surface area (Å²) in [6.45, 7) is 9.46. The highest BCUT2D eigenvalue weighted by atomic mass is 28.4. The first-order valence-electron chi connectivity index (χ1n) is 8.30. The van der Waals surface area contributed by atoms with Crippen LogP contribution >= 0.6 is 0 Å². The largest absolute Gasteiger partial charge is 0.543 e. The van der Waals surface area contributed by atoms with Gasteiger partial charge in [0.15, 0.2) is 5.73 Å². The van der Waals surface area contributed by atoms with Crippen LogP contribution in [0.15, 0.2) is 55.6 Å². The molecule has 1 atom stereocenters. The van der Waals surface area contributed by atoms with Gasteiger partial charge < -0.3 is 22.8 Å². The molecule has 26 heavy (non-hydrogen) atoms. The van der Waals surface area contributed by atoms with E-state index in [2.05, 4.69) is 13.2 Å². The van der Waals surface area contributed by atoms with Gasteiger partial charge in [-0.3, -0.25) is 0 Å². The standard InChI is InChI=1S/C10H20O5Si.C9H10O/c1-6-8-10(15-9(11)7-2)16(12-3,13-4)14-5;1-2-8-10-9-6-4-3-5-7-9/h7,10H,2,6,8H2,1,3-5H3;2-7H,1,8H2. The lowest BCUT2D eigenvalue weighted by Gasteiger charge is -2.31. The molecule has 1 rings (SSSR count). The van der Waals surface area contributed by atoms with E-state index in [1.54, 1.807) is 6.08 Å². The number of para-hydroxylation sites is 1. The third kappa shape index (κ3) is 8.44. The minimum atomic E-state index is -2.94. The summed E-state index contributed by atoms with van der Waals surface area (Å²) in [5.41, 5.74) is -0.497. The summed E-state index contributed by atoms with van der Waals surface area (Å²) in [6.07, 6.45) is 4.30. The van der Waals surface area contributed by atoms with Crippen LogP contribution in [0.4, 0.5) is 0 Å². The maximum Gasteiger partial charge on any atom is 0.543 e. The topological polar surface area (TPSA) is 63.2 Å². The highest BCUT2D eigenvalue weighted by Crippen LogP contribution is 2.19. The van der Waals surface area contributed by atoms with Gasteiger partial charge in [0.2, 0.25) is 0 Å². The zero-order valence-electron chi connectivity index (χ0n) is 16.1. The Hall–Kier alpha value is -1.93. The minimum Gasteiger partial charge on any atom is -0.490 e. The molecule has 1 aromatic carbocycles. The van der Waals surface area contributed by atoms with Crippen molar-refractivity contribution in [3.63, 3.8) is 0 Å². The maximum absolute atomic E-state index is 11.2. The normalized spacial score (nSPS) is 11.5. The van der Waals surface area contributed by atoms with Crippen LogP contribution in [0.25, 0.3) is 0 Å². The summed E-state index contributed by atoms with van der Waals surface area (Å²) in [7, 11) is 1.53. The van der Waals surface area contributed by atoms with Gasteiger partial charge in [-0.2, -0.15) is 0 Å². The number of rotatable bonds is 11. The van der Waals surface area contributed by atoms with Crippen molar-refractivity contribution in [3.05, 3.63) is 55.6 Å². The molecule has 0 heterocycles. The molecule has 0 bridgehead atoms. The van der Waals surface area contributed by atoms with E-state index in [9.17, 15) is 4.79 Å². The van der Waals surface area contributed by atoms with Crippen molar-refractivity contribution in [2.24, 2.45) is 0 Å². The second-order valence-electron chi connectivity index (χ2n) is 5.05. The summed E-state index contributed by atoms with van der Waals surface area (Å²) >= 11 is 0. The van der Waals surface area contributed by atoms with Crippen LogP contribution in [-0.4, -0.2) is 48.4 Å². The molecule has 1 unspecified atom stereocenters. The first-order chi connectivity index (χ1) is 12.5. The van der Waals surface area contributed by atoms with Crippen LogP contribution in [0, 0.1) is 0 Å². The number of hydrogen-bond donors (Lipinski definition) is 0. The van der Waals surface area contributed by atoms with Gasteiger partial charge in [0.1, 0.15) is 12.4 Å². The molecule has 0 aliphatic heterocycles. The SMILES string of the molecule is C=CC(=O)OC(CCC)[Si](OC)(OC)OC.C=CCOc1ccccc1. The quantitative estimate of drug-likeness (QED) is 0.252. The summed E-state index contributed by atoms with van der Waals surface area (Å²) in [5, 5.41) is 0. The number of ether oxygens (including phenoxy) is 2. The van der Waals surface area contributed by atoms with E-state index in [0.717, 1.165) is 18.2 Å². The molecule has 146 valence electrons. The van der Waals surface area contributed by atoms with Crippen molar-refractivity contribution < 1.29 is 27.5 Å². The van der Waals surface area contributed by atoms with Crippen LogP contribution < -0.4 is 4.74 Å². The van der Waals surface area contributed by atoms with Crippen molar-refractivity contribution in [2.75, 3.05) is 27.9 Å². The Kier molecular flexibility index (Phi) is 13.2. The molecule has 6 nitrogen and oxygen atoms in total. The molecule has 0 amide bonds. The third-order valence-corrected chi connectivity index (χ3v) is 6.24. The highest BCUT2D eigenvalue weighted by molar-refractivity contribution is 6.62.